The molecule has 4 heterocycles. The van der Waals surface area contributed by atoms with E-state index < -0.39 is 6.04 Å². The molecule has 3 amide bonds. The summed E-state index contributed by atoms with van der Waals surface area (Å²) in [7, 11) is 1.64. The number of aromatic nitrogens is 2. The van der Waals surface area contributed by atoms with Crippen molar-refractivity contribution in [2.24, 2.45) is 0 Å². The van der Waals surface area contributed by atoms with Gasteiger partial charge in [0.15, 0.2) is 5.82 Å². The highest BCUT2D eigenvalue weighted by atomic mass is 35.5. The van der Waals surface area contributed by atoms with Gasteiger partial charge in [0.2, 0.25) is 23.7 Å². The van der Waals surface area contributed by atoms with Gasteiger partial charge in [-0.1, -0.05) is 48.9 Å². The van der Waals surface area contributed by atoms with E-state index in [4.69, 9.17) is 16.3 Å². The highest BCUT2D eigenvalue weighted by Gasteiger charge is 2.28. The Bertz CT molecular complexity index is 2000. The topological polar surface area (TPSA) is 144 Å². The highest BCUT2D eigenvalue weighted by Crippen LogP contribution is 2.34. The number of anilines is 6. The molecular weight excluding hydrogens is 718 g/mol. The monoisotopic (exact) mass is 765 g/mol. The number of nitrogens with one attached hydrogen (secondary N) is 4. The maximum atomic E-state index is 13.4. The minimum atomic E-state index is -0.394. The normalized spacial score (nSPS) is 18.1. The number of nitrogens with zero attached hydrogens (tertiary/aromatic N) is 5. The Morgan fingerprint density at radius 2 is 1.69 bits per heavy atom. The van der Waals surface area contributed by atoms with Gasteiger partial charge in [0.1, 0.15) is 16.8 Å². The number of amides is 3. The molecule has 4 N–H and O–H groups in total. The molecule has 0 bridgehead atoms. The lowest BCUT2D eigenvalue weighted by Crippen LogP contribution is -2.51. The summed E-state index contributed by atoms with van der Waals surface area (Å²) >= 11 is 6.46. The van der Waals surface area contributed by atoms with Crippen molar-refractivity contribution < 1.29 is 19.1 Å². The van der Waals surface area contributed by atoms with Gasteiger partial charge in [0.25, 0.3) is 0 Å². The quantitative estimate of drug-likeness (QED) is 0.127. The van der Waals surface area contributed by atoms with Crippen LogP contribution >= 0.6 is 11.6 Å². The van der Waals surface area contributed by atoms with Gasteiger partial charge in [-0.3, -0.25) is 24.6 Å². The molecule has 1 atom stereocenters. The number of aryl methyl sites for hydroxylation is 1. The second-order valence-electron chi connectivity index (χ2n) is 14.2. The lowest BCUT2D eigenvalue weighted by atomic mass is 9.89. The lowest BCUT2D eigenvalue weighted by molar-refractivity contribution is -0.134. The number of carbonyl (C=O) groups is 3. The van der Waals surface area contributed by atoms with Crippen LogP contribution in [0, 0.1) is 0 Å². The van der Waals surface area contributed by atoms with E-state index in [0.717, 1.165) is 73.8 Å². The van der Waals surface area contributed by atoms with Crippen molar-refractivity contribution in [2.45, 2.75) is 51.0 Å². The molecule has 0 saturated carbocycles. The number of halogens is 1. The third-order valence-corrected chi connectivity index (χ3v) is 11.0. The minimum Gasteiger partial charge on any atom is -0.494 e. The number of ether oxygens (including phenoxy) is 1. The number of carbonyl (C=O) groups excluding carboxylic acids is 3. The van der Waals surface area contributed by atoms with Gasteiger partial charge < -0.3 is 30.5 Å². The summed E-state index contributed by atoms with van der Waals surface area (Å²) in [5, 5.41) is 12.7. The van der Waals surface area contributed by atoms with Crippen LogP contribution in [0.5, 0.6) is 5.75 Å². The maximum Gasteiger partial charge on any atom is 0.249 e. The van der Waals surface area contributed by atoms with Crippen molar-refractivity contribution in [3.63, 3.8) is 0 Å². The summed E-state index contributed by atoms with van der Waals surface area (Å²) in [4.78, 5) is 52.5. The molecule has 0 aliphatic carbocycles. The van der Waals surface area contributed by atoms with E-state index >= 15 is 0 Å². The van der Waals surface area contributed by atoms with Crippen LogP contribution in [0.3, 0.4) is 0 Å². The van der Waals surface area contributed by atoms with Crippen LogP contribution in [-0.2, 0) is 20.8 Å². The summed E-state index contributed by atoms with van der Waals surface area (Å²) in [5.41, 5.74) is 6.00. The summed E-state index contributed by atoms with van der Waals surface area (Å²) in [6.45, 7) is 7.06. The first-order valence-electron chi connectivity index (χ1n) is 19.0. The number of imide groups is 1. The number of benzene rings is 3. The van der Waals surface area contributed by atoms with Gasteiger partial charge in [0, 0.05) is 55.7 Å². The Morgan fingerprint density at radius 1 is 0.927 bits per heavy atom. The standard InChI is InChI=1S/C41H48ClN9O4/c1-3-27-6-4-5-7-33(27)45-39-32(42)25-43-41(48-39)46-34-13-12-31(24-36(34)55-2)50-20-22-51(23-21-50)38(53)26-49-18-16-29(17-19-49)28-8-10-30(11-9-28)44-35-14-15-37(52)47-40(35)54/h4-13,24-25,29,35,44H,3,14-23,26H2,1-2H3,(H,47,52,54)(H2,43,45,46,48). The number of piperazine rings is 1. The molecule has 55 heavy (non-hydrogen) atoms. The summed E-state index contributed by atoms with van der Waals surface area (Å²) in [6.07, 6.45) is 5.28. The number of piperidine rings is 2. The van der Waals surface area contributed by atoms with E-state index in [-0.39, 0.29) is 17.7 Å². The SMILES string of the molecule is CCc1ccccc1Nc1nc(Nc2ccc(N3CCN(C(=O)CN4CCC(c5ccc(NC6CCC(=O)NC6=O)cc5)CC4)CC3)cc2OC)ncc1Cl. The lowest BCUT2D eigenvalue weighted by Gasteiger charge is -2.38. The van der Waals surface area contributed by atoms with E-state index in [1.807, 2.05) is 53.4 Å². The van der Waals surface area contributed by atoms with Crippen molar-refractivity contribution in [1.82, 2.24) is 25.1 Å². The number of likely N-dealkylation sites (tertiary alicyclic amines) is 1. The maximum absolute atomic E-state index is 13.4. The van der Waals surface area contributed by atoms with Crippen LogP contribution in [0.25, 0.3) is 0 Å². The van der Waals surface area contributed by atoms with Gasteiger partial charge in [-0.05, 0) is 86.1 Å². The first kappa shape index (κ1) is 37.9. The summed E-state index contributed by atoms with van der Waals surface area (Å²) in [5.74, 6) is 1.67. The molecule has 3 saturated heterocycles. The number of hydrogen-bond donors (Lipinski definition) is 4. The average Bonchev–Trinajstić information content (AvgIpc) is 3.21. The van der Waals surface area contributed by atoms with Crippen molar-refractivity contribution in [3.8, 4) is 5.75 Å². The molecule has 1 unspecified atom stereocenters. The molecule has 3 aromatic carbocycles. The van der Waals surface area contributed by atoms with E-state index in [1.165, 1.54) is 5.56 Å². The Hall–Kier alpha value is -5.40. The smallest absolute Gasteiger partial charge is 0.249 e. The zero-order valence-electron chi connectivity index (χ0n) is 31.3. The molecule has 7 rings (SSSR count). The molecular formula is C41H48ClN9O4. The fraction of sp³-hybridized carbons (Fsp3) is 0.390. The second-order valence-corrected chi connectivity index (χ2v) is 14.6. The Balaban J connectivity index is 0.871. The van der Waals surface area contributed by atoms with Gasteiger partial charge in [-0.25, -0.2) is 4.98 Å². The van der Waals surface area contributed by atoms with Crippen LogP contribution in [-0.4, -0.2) is 96.5 Å². The van der Waals surface area contributed by atoms with E-state index in [9.17, 15) is 14.4 Å². The van der Waals surface area contributed by atoms with Crippen LogP contribution < -0.4 is 30.9 Å². The predicted octanol–water partition coefficient (Wildman–Crippen LogP) is 5.93. The molecule has 0 radical (unpaired) electrons. The first-order chi connectivity index (χ1) is 26.8. The van der Waals surface area contributed by atoms with Crippen LogP contribution in [0.1, 0.15) is 49.7 Å². The van der Waals surface area contributed by atoms with Gasteiger partial charge >= 0.3 is 0 Å². The Labute approximate surface area is 326 Å². The minimum absolute atomic E-state index is 0.175. The molecule has 1 aromatic heterocycles. The number of methoxy groups -OCH3 is 1. The summed E-state index contributed by atoms with van der Waals surface area (Å²) in [6, 6.07) is 21.9. The zero-order chi connectivity index (χ0) is 38.3. The fourth-order valence-corrected chi connectivity index (χ4v) is 7.65. The Kier molecular flexibility index (Phi) is 12.0. The van der Waals surface area contributed by atoms with Gasteiger partial charge in [0.05, 0.1) is 25.5 Å². The first-order valence-corrected chi connectivity index (χ1v) is 19.4. The molecule has 3 aliphatic heterocycles. The number of para-hydroxylation sites is 1. The van der Waals surface area contributed by atoms with Gasteiger partial charge in [-0.15, -0.1) is 0 Å². The van der Waals surface area contributed by atoms with Crippen molar-refractivity contribution in [2.75, 3.05) is 73.8 Å². The fourth-order valence-electron chi connectivity index (χ4n) is 7.51. The van der Waals surface area contributed by atoms with Crippen molar-refractivity contribution in [1.29, 1.82) is 0 Å². The highest BCUT2D eigenvalue weighted by molar-refractivity contribution is 6.33. The predicted molar refractivity (Wildman–Crippen MR) is 216 cm³/mol. The second kappa shape index (κ2) is 17.4. The molecule has 288 valence electrons. The molecule has 0 spiro atoms. The molecule has 14 heteroatoms. The third kappa shape index (κ3) is 9.29. The van der Waals surface area contributed by atoms with E-state index in [0.29, 0.717) is 60.9 Å². The molecule has 13 nitrogen and oxygen atoms in total. The van der Waals surface area contributed by atoms with E-state index in [2.05, 4.69) is 66.2 Å². The zero-order valence-corrected chi connectivity index (χ0v) is 32.1. The van der Waals surface area contributed by atoms with Crippen LogP contribution in [0.2, 0.25) is 5.02 Å². The van der Waals surface area contributed by atoms with Crippen molar-refractivity contribution in [3.05, 3.63) is 89.1 Å². The molecule has 3 aliphatic rings. The Morgan fingerprint density at radius 3 is 2.42 bits per heavy atom. The molecule has 4 aromatic rings. The number of rotatable bonds is 12. The van der Waals surface area contributed by atoms with Crippen LogP contribution in [0.15, 0.2) is 72.9 Å². The van der Waals surface area contributed by atoms with Crippen LogP contribution in [0.4, 0.5) is 34.5 Å². The van der Waals surface area contributed by atoms with E-state index in [1.54, 1.807) is 13.3 Å². The van der Waals surface area contributed by atoms with Crippen molar-refractivity contribution >= 4 is 63.8 Å². The summed E-state index contributed by atoms with van der Waals surface area (Å²) < 4.78 is 5.77. The third-order valence-electron chi connectivity index (χ3n) is 10.7. The average molecular weight is 766 g/mol. The molecule has 3 fully saturated rings. The van der Waals surface area contributed by atoms with Gasteiger partial charge in [-0.2, -0.15) is 4.98 Å². The number of hydrogen-bond acceptors (Lipinski definition) is 11. The largest absolute Gasteiger partial charge is 0.494 e.